The highest BCUT2D eigenvalue weighted by atomic mass is 19.4. The van der Waals surface area contributed by atoms with Crippen molar-refractivity contribution in [2.24, 2.45) is 5.41 Å². The molecule has 3 aliphatic rings. The van der Waals surface area contributed by atoms with Crippen LogP contribution >= 0.6 is 0 Å². The second kappa shape index (κ2) is 7.24. The average Bonchev–Trinajstić information content (AvgIpc) is 3.50. The predicted molar refractivity (Wildman–Crippen MR) is 113 cm³/mol. The van der Waals surface area contributed by atoms with Crippen LogP contribution in [0.5, 0.6) is 0 Å². The Morgan fingerprint density at radius 3 is 2.61 bits per heavy atom. The third-order valence-corrected chi connectivity index (χ3v) is 6.90. The molecule has 0 saturated carbocycles. The number of hydrogen-bond acceptors (Lipinski definition) is 8. The Morgan fingerprint density at radius 1 is 1.06 bits per heavy atom. The maximum Gasteiger partial charge on any atom is 0.451 e. The molecule has 3 fully saturated rings. The summed E-state index contributed by atoms with van der Waals surface area (Å²) in [5, 5.41) is 4.48. The maximum absolute atomic E-state index is 12.9. The summed E-state index contributed by atoms with van der Waals surface area (Å²) in [7, 11) is 0. The minimum atomic E-state index is -4.53. The third-order valence-electron chi connectivity index (χ3n) is 6.90. The molecule has 6 heterocycles. The molecule has 0 amide bonds. The third kappa shape index (κ3) is 3.47. The van der Waals surface area contributed by atoms with Crippen molar-refractivity contribution in [1.29, 1.82) is 0 Å². The van der Waals surface area contributed by atoms with Gasteiger partial charge in [-0.1, -0.05) is 0 Å². The van der Waals surface area contributed by atoms with Crippen LogP contribution in [0.3, 0.4) is 0 Å². The normalized spacial score (nSPS) is 22.5. The van der Waals surface area contributed by atoms with E-state index in [1.54, 1.807) is 19.3 Å². The summed E-state index contributed by atoms with van der Waals surface area (Å²) < 4.78 is 46.0. The van der Waals surface area contributed by atoms with Crippen molar-refractivity contribution in [3.8, 4) is 0 Å². The van der Waals surface area contributed by atoms with Gasteiger partial charge in [0.05, 0.1) is 42.6 Å². The Hall–Kier alpha value is -3.02. The van der Waals surface area contributed by atoms with Crippen LogP contribution < -0.4 is 9.80 Å². The molecule has 0 bridgehead atoms. The zero-order valence-corrected chi connectivity index (χ0v) is 18.1. The van der Waals surface area contributed by atoms with Crippen LogP contribution in [0.1, 0.15) is 30.4 Å². The average molecular weight is 460 g/mol. The largest absolute Gasteiger partial charge is 0.451 e. The first-order valence-corrected chi connectivity index (χ1v) is 11.0. The Balaban J connectivity index is 1.17. The monoisotopic (exact) mass is 460 g/mol. The number of alkyl halides is 3. The Kier molecular flexibility index (Phi) is 4.51. The summed E-state index contributed by atoms with van der Waals surface area (Å²) in [4.78, 5) is 20.9. The molecule has 3 aromatic heterocycles. The van der Waals surface area contributed by atoms with E-state index in [1.165, 1.54) is 6.20 Å². The highest BCUT2D eigenvalue weighted by Gasteiger charge is 2.49. The second-order valence-electron chi connectivity index (χ2n) is 9.23. The van der Waals surface area contributed by atoms with Crippen LogP contribution in [0.25, 0.3) is 11.2 Å². The van der Waals surface area contributed by atoms with Gasteiger partial charge in [0, 0.05) is 38.2 Å². The van der Waals surface area contributed by atoms with Crippen LogP contribution in [-0.2, 0) is 10.9 Å². The molecule has 3 aliphatic heterocycles. The molecular weight excluding hydrogens is 437 g/mol. The highest BCUT2D eigenvalue weighted by molar-refractivity contribution is 5.71. The fraction of sp³-hybridized carbons (Fsp3) is 0.571. The standard InChI is InChI=1S/C21H23F3N8O/c1-13-16(7-26-19(28-13)21(22,23)24)31-11-20(12-31)3-4-30(10-20)17-8-25-15-6-27-32(18(15)29-17)14-2-5-33-9-14/h6-8,14H,2-5,9-12H2,1H3. The zero-order chi connectivity index (χ0) is 22.8. The van der Waals surface area contributed by atoms with E-state index in [-0.39, 0.29) is 11.5 Å². The summed E-state index contributed by atoms with van der Waals surface area (Å²) in [6, 6.07) is 0.186. The van der Waals surface area contributed by atoms with E-state index in [1.807, 2.05) is 4.68 Å². The van der Waals surface area contributed by atoms with Crippen molar-refractivity contribution < 1.29 is 17.9 Å². The lowest BCUT2D eigenvalue weighted by molar-refractivity contribution is -0.145. The summed E-state index contributed by atoms with van der Waals surface area (Å²) in [6.07, 6.45) is 2.20. The molecule has 0 aromatic carbocycles. The first-order chi connectivity index (χ1) is 15.8. The van der Waals surface area contributed by atoms with Gasteiger partial charge in [0.15, 0.2) is 5.65 Å². The smallest absolute Gasteiger partial charge is 0.379 e. The van der Waals surface area contributed by atoms with Gasteiger partial charge in [-0.2, -0.15) is 18.3 Å². The Morgan fingerprint density at radius 2 is 1.88 bits per heavy atom. The number of aryl methyl sites for hydroxylation is 1. The number of nitrogens with zero attached hydrogens (tertiary/aromatic N) is 8. The molecule has 12 heteroatoms. The fourth-order valence-electron chi connectivity index (χ4n) is 5.18. The highest BCUT2D eigenvalue weighted by Crippen LogP contribution is 2.43. The molecule has 3 aromatic rings. The van der Waals surface area contributed by atoms with Gasteiger partial charge in [-0.3, -0.25) is 0 Å². The maximum atomic E-state index is 12.9. The van der Waals surface area contributed by atoms with Gasteiger partial charge in [0.25, 0.3) is 0 Å². The summed E-state index contributed by atoms with van der Waals surface area (Å²) in [5.74, 6) is -0.268. The van der Waals surface area contributed by atoms with Gasteiger partial charge in [-0.15, -0.1) is 0 Å². The van der Waals surface area contributed by atoms with Crippen molar-refractivity contribution >= 4 is 22.7 Å². The van der Waals surface area contributed by atoms with Crippen molar-refractivity contribution in [3.63, 3.8) is 0 Å². The molecule has 1 spiro atoms. The van der Waals surface area contributed by atoms with Gasteiger partial charge in [-0.05, 0) is 19.8 Å². The van der Waals surface area contributed by atoms with E-state index in [4.69, 9.17) is 9.72 Å². The van der Waals surface area contributed by atoms with E-state index in [9.17, 15) is 13.2 Å². The number of rotatable bonds is 3. The zero-order valence-electron chi connectivity index (χ0n) is 18.1. The molecular formula is C21H23F3N8O. The molecule has 174 valence electrons. The SMILES string of the molecule is Cc1nc(C(F)(F)F)ncc1N1CC2(CCN(c3cnc4cnn(C5CCOC5)c4n3)C2)C1. The lowest BCUT2D eigenvalue weighted by atomic mass is 9.78. The second-order valence-corrected chi connectivity index (χ2v) is 9.23. The number of halogens is 3. The van der Waals surface area contributed by atoms with E-state index in [2.05, 4.69) is 29.9 Å². The van der Waals surface area contributed by atoms with Crippen LogP contribution in [0.4, 0.5) is 24.7 Å². The molecule has 0 N–H and O–H groups in total. The molecule has 1 unspecified atom stereocenters. The van der Waals surface area contributed by atoms with Gasteiger partial charge in [-0.25, -0.2) is 24.6 Å². The fourth-order valence-corrected chi connectivity index (χ4v) is 5.18. The van der Waals surface area contributed by atoms with Gasteiger partial charge in [0.1, 0.15) is 11.3 Å². The molecule has 33 heavy (non-hydrogen) atoms. The minimum Gasteiger partial charge on any atom is -0.379 e. The molecule has 9 nitrogen and oxygen atoms in total. The van der Waals surface area contributed by atoms with E-state index < -0.39 is 12.0 Å². The summed E-state index contributed by atoms with van der Waals surface area (Å²) in [5.41, 5.74) is 2.63. The van der Waals surface area contributed by atoms with Gasteiger partial charge >= 0.3 is 6.18 Å². The Bertz CT molecular complexity index is 1200. The van der Waals surface area contributed by atoms with Crippen molar-refractivity contribution in [1.82, 2.24) is 29.7 Å². The molecule has 0 aliphatic carbocycles. The number of ether oxygens (including phenoxy) is 1. The molecule has 1 atom stereocenters. The molecule has 0 radical (unpaired) electrons. The van der Waals surface area contributed by atoms with Crippen molar-refractivity contribution in [2.75, 3.05) is 49.2 Å². The summed E-state index contributed by atoms with van der Waals surface area (Å²) in [6.45, 7) is 6.16. The van der Waals surface area contributed by atoms with Crippen molar-refractivity contribution in [2.45, 2.75) is 32.0 Å². The minimum absolute atomic E-state index is 0.0747. The van der Waals surface area contributed by atoms with Crippen molar-refractivity contribution in [3.05, 3.63) is 30.1 Å². The summed E-state index contributed by atoms with van der Waals surface area (Å²) >= 11 is 0. The first-order valence-electron chi connectivity index (χ1n) is 11.0. The van der Waals surface area contributed by atoms with Crippen LogP contribution in [0.2, 0.25) is 0 Å². The van der Waals surface area contributed by atoms with Crippen LogP contribution in [0.15, 0.2) is 18.6 Å². The molecule has 6 rings (SSSR count). The Labute approximate surface area is 187 Å². The number of aromatic nitrogens is 6. The quantitative estimate of drug-likeness (QED) is 0.590. The predicted octanol–water partition coefficient (Wildman–Crippen LogP) is 2.62. The lowest BCUT2D eigenvalue weighted by Gasteiger charge is -2.49. The topological polar surface area (TPSA) is 85.1 Å². The van der Waals surface area contributed by atoms with E-state index in [0.717, 1.165) is 62.6 Å². The van der Waals surface area contributed by atoms with E-state index in [0.29, 0.717) is 18.0 Å². The number of anilines is 2. The number of fused-ring (bicyclic) bond motifs is 1. The van der Waals surface area contributed by atoms with E-state index >= 15 is 0 Å². The molecule has 3 saturated heterocycles. The lowest BCUT2D eigenvalue weighted by Crippen LogP contribution is -2.58. The van der Waals surface area contributed by atoms with Crippen LogP contribution in [-0.4, -0.2) is 69.1 Å². The van der Waals surface area contributed by atoms with Gasteiger partial charge < -0.3 is 14.5 Å². The van der Waals surface area contributed by atoms with Gasteiger partial charge in [0.2, 0.25) is 5.82 Å². The van der Waals surface area contributed by atoms with Crippen LogP contribution in [0, 0.1) is 12.3 Å². The number of hydrogen-bond donors (Lipinski definition) is 0. The first kappa shape index (κ1) is 20.6.